The minimum Gasteiger partial charge on any atom is -0.508 e. The Bertz CT molecular complexity index is 1220. The topological polar surface area (TPSA) is 186 Å². The zero-order valence-corrected chi connectivity index (χ0v) is 22.5. The second-order valence-electron chi connectivity index (χ2n) is 9.85. The average molecular weight is 553 g/mol. The van der Waals surface area contributed by atoms with Crippen molar-refractivity contribution >= 4 is 36.8 Å². The van der Waals surface area contributed by atoms with Gasteiger partial charge in [-0.15, -0.1) is 0 Å². The molecular formula is C26H32BN5O8. The molecule has 0 unspecified atom stereocenters. The molecule has 0 radical (unpaired) electrons. The fraction of sp³-hybridized carbons (Fsp3) is 0.423. The maximum atomic E-state index is 13.6. The minimum absolute atomic E-state index is 0.0112. The maximum Gasteiger partial charge on any atom is 0.552 e. The van der Waals surface area contributed by atoms with Crippen LogP contribution < -0.4 is 16.0 Å². The number of benzene rings is 1. The van der Waals surface area contributed by atoms with Crippen LogP contribution in [-0.4, -0.2) is 76.5 Å². The normalized spacial score (nSPS) is 18.3. The van der Waals surface area contributed by atoms with E-state index in [4.69, 9.17) is 9.31 Å². The lowest BCUT2D eigenvalue weighted by molar-refractivity contribution is -0.172. The summed E-state index contributed by atoms with van der Waals surface area (Å²) < 4.78 is 11.1. The highest BCUT2D eigenvalue weighted by molar-refractivity contribution is 6.50. The fourth-order valence-corrected chi connectivity index (χ4v) is 4.25. The SMILES string of the molecule is CNC(=O)C[C@@]1(C(=O)O)CC(=O)OB([C@H](CC(C)C)NC(=O)[C@H](Cc2ccccc2)NC(=O)c2cnccn2)O1. The van der Waals surface area contributed by atoms with Gasteiger partial charge in [0.15, 0.2) is 5.60 Å². The predicted octanol–water partition coefficient (Wildman–Crippen LogP) is 0.299. The van der Waals surface area contributed by atoms with Crippen LogP contribution in [0.5, 0.6) is 0 Å². The molecule has 1 aromatic heterocycles. The number of carboxylic acid groups (broad SMARTS) is 1. The van der Waals surface area contributed by atoms with E-state index in [-0.39, 0.29) is 24.5 Å². The summed E-state index contributed by atoms with van der Waals surface area (Å²) in [7, 11) is -0.165. The molecule has 3 rings (SSSR count). The number of nitrogens with one attached hydrogen (secondary N) is 3. The quantitative estimate of drug-likeness (QED) is 0.266. The van der Waals surface area contributed by atoms with Gasteiger partial charge in [-0.1, -0.05) is 44.2 Å². The molecule has 4 N–H and O–H groups in total. The maximum absolute atomic E-state index is 13.6. The molecule has 2 heterocycles. The van der Waals surface area contributed by atoms with Crippen LogP contribution in [0.3, 0.4) is 0 Å². The molecule has 1 aliphatic heterocycles. The summed E-state index contributed by atoms with van der Waals surface area (Å²) in [6.45, 7) is 3.71. The van der Waals surface area contributed by atoms with Crippen molar-refractivity contribution < 1.29 is 38.4 Å². The van der Waals surface area contributed by atoms with Crippen LogP contribution in [0.25, 0.3) is 0 Å². The third-order valence-corrected chi connectivity index (χ3v) is 6.22. The van der Waals surface area contributed by atoms with Crippen molar-refractivity contribution in [2.24, 2.45) is 5.92 Å². The summed E-state index contributed by atoms with van der Waals surface area (Å²) in [5, 5.41) is 17.7. The lowest BCUT2D eigenvalue weighted by Crippen LogP contribution is -2.63. The number of hydrogen-bond acceptors (Lipinski definition) is 9. The number of nitrogens with zero attached hydrogens (tertiary/aromatic N) is 2. The van der Waals surface area contributed by atoms with Gasteiger partial charge in [-0.25, -0.2) is 9.78 Å². The van der Waals surface area contributed by atoms with Gasteiger partial charge in [0.1, 0.15) is 11.7 Å². The molecule has 0 spiro atoms. The number of carbonyl (C=O) groups is 5. The Morgan fingerprint density at radius 1 is 1.12 bits per heavy atom. The highest BCUT2D eigenvalue weighted by Crippen LogP contribution is 2.30. The van der Waals surface area contributed by atoms with Crippen molar-refractivity contribution in [1.82, 2.24) is 25.9 Å². The molecule has 1 saturated heterocycles. The first-order valence-electron chi connectivity index (χ1n) is 12.8. The first kappa shape index (κ1) is 30.2. The van der Waals surface area contributed by atoms with Crippen LogP contribution in [0.15, 0.2) is 48.9 Å². The van der Waals surface area contributed by atoms with Crippen molar-refractivity contribution in [3.63, 3.8) is 0 Å². The van der Waals surface area contributed by atoms with Crippen molar-refractivity contribution in [2.45, 2.75) is 57.1 Å². The molecule has 0 bridgehead atoms. The van der Waals surface area contributed by atoms with Crippen LogP contribution in [-0.2, 0) is 34.9 Å². The zero-order chi connectivity index (χ0) is 29.3. The third kappa shape index (κ3) is 8.09. The van der Waals surface area contributed by atoms with Gasteiger partial charge in [0.2, 0.25) is 11.8 Å². The monoisotopic (exact) mass is 553 g/mol. The van der Waals surface area contributed by atoms with E-state index in [0.29, 0.717) is 0 Å². The third-order valence-electron chi connectivity index (χ3n) is 6.22. The Labute approximate surface area is 231 Å². The molecule has 13 nitrogen and oxygen atoms in total. The van der Waals surface area contributed by atoms with Crippen molar-refractivity contribution in [2.75, 3.05) is 7.05 Å². The molecule has 3 atom stereocenters. The second-order valence-corrected chi connectivity index (χ2v) is 9.85. The van der Waals surface area contributed by atoms with Gasteiger partial charge in [-0.05, 0) is 17.9 Å². The summed E-state index contributed by atoms with van der Waals surface area (Å²) in [6.07, 6.45) is 3.07. The van der Waals surface area contributed by atoms with E-state index in [1.54, 1.807) is 24.3 Å². The van der Waals surface area contributed by atoms with Crippen molar-refractivity contribution in [3.8, 4) is 0 Å². The van der Waals surface area contributed by atoms with E-state index < -0.39 is 67.2 Å². The standard InChI is InChI=1S/C26H32BN5O8/c1-16(2)11-20(27-39-22(34)14-26(40-27,25(37)38)13-21(33)28-3)32-23(35)18(12-17-7-5-4-6-8-17)31-24(36)19-15-29-9-10-30-19/h4-10,15-16,18,20H,11-14H2,1-3H3,(H,28,33)(H,31,36)(H,32,35)(H,37,38)/t18-,20-,26-/m0/s1. The van der Waals surface area contributed by atoms with Gasteiger partial charge >= 0.3 is 13.1 Å². The summed E-state index contributed by atoms with van der Waals surface area (Å²) in [6, 6.07) is 7.92. The molecular weight excluding hydrogens is 521 g/mol. The van der Waals surface area contributed by atoms with E-state index in [1.165, 1.54) is 25.6 Å². The smallest absolute Gasteiger partial charge is 0.508 e. The van der Waals surface area contributed by atoms with Gasteiger partial charge in [0, 0.05) is 25.9 Å². The molecule has 212 valence electrons. The summed E-state index contributed by atoms with van der Waals surface area (Å²) >= 11 is 0. The van der Waals surface area contributed by atoms with E-state index in [0.717, 1.165) is 5.56 Å². The molecule has 1 fully saturated rings. The Balaban J connectivity index is 1.88. The number of aliphatic carboxylic acids is 1. The van der Waals surface area contributed by atoms with Gasteiger partial charge in [0.05, 0.1) is 25.0 Å². The van der Waals surface area contributed by atoms with Crippen LogP contribution in [0.4, 0.5) is 0 Å². The Hall–Kier alpha value is -4.33. The van der Waals surface area contributed by atoms with E-state index in [2.05, 4.69) is 25.9 Å². The summed E-state index contributed by atoms with van der Waals surface area (Å²) in [5.74, 6) is -5.33. The van der Waals surface area contributed by atoms with Crippen LogP contribution >= 0.6 is 0 Å². The van der Waals surface area contributed by atoms with Crippen LogP contribution in [0.2, 0.25) is 0 Å². The van der Waals surface area contributed by atoms with Crippen molar-refractivity contribution in [1.29, 1.82) is 0 Å². The lowest BCUT2D eigenvalue weighted by atomic mass is 9.70. The van der Waals surface area contributed by atoms with Crippen molar-refractivity contribution in [3.05, 3.63) is 60.2 Å². The Kier molecular flexibility index (Phi) is 10.3. The van der Waals surface area contributed by atoms with Crippen LogP contribution in [0, 0.1) is 5.92 Å². The van der Waals surface area contributed by atoms with Gasteiger partial charge in [-0.3, -0.25) is 24.2 Å². The second kappa shape index (κ2) is 13.6. The van der Waals surface area contributed by atoms with E-state index >= 15 is 0 Å². The molecule has 2 aromatic rings. The number of carbonyl (C=O) groups excluding carboxylic acids is 4. The van der Waals surface area contributed by atoms with Gasteiger partial charge in [-0.2, -0.15) is 0 Å². The highest BCUT2D eigenvalue weighted by Gasteiger charge is 2.54. The lowest BCUT2D eigenvalue weighted by Gasteiger charge is -2.38. The number of amides is 3. The molecule has 14 heteroatoms. The van der Waals surface area contributed by atoms with E-state index in [9.17, 15) is 29.1 Å². The van der Waals surface area contributed by atoms with Gasteiger partial charge in [0.25, 0.3) is 11.9 Å². The molecule has 1 aromatic carbocycles. The van der Waals surface area contributed by atoms with Crippen LogP contribution in [0.1, 0.15) is 49.2 Å². The molecule has 40 heavy (non-hydrogen) atoms. The Morgan fingerprint density at radius 2 is 1.85 bits per heavy atom. The first-order chi connectivity index (χ1) is 19.0. The average Bonchev–Trinajstić information content (AvgIpc) is 2.92. The molecule has 0 aliphatic carbocycles. The first-order valence-corrected chi connectivity index (χ1v) is 12.8. The summed E-state index contributed by atoms with van der Waals surface area (Å²) in [4.78, 5) is 71.1. The highest BCUT2D eigenvalue weighted by atomic mass is 16.6. The summed E-state index contributed by atoms with van der Waals surface area (Å²) in [5.41, 5.74) is -1.40. The molecule has 3 amide bonds. The Morgan fingerprint density at radius 3 is 2.45 bits per heavy atom. The predicted molar refractivity (Wildman–Crippen MR) is 141 cm³/mol. The number of hydrogen-bond donors (Lipinski definition) is 4. The molecule has 0 saturated carbocycles. The largest absolute Gasteiger partial charge is 0.552 e. The fourth-order valence-electron chi connectivity index (χ4n) is 4.25. The minimum atomic E-state index is -2.18. The number of aromatic nitrogens is 2. The van der Waals surface area contributed by atoms with Gasteiger partial charge < -0.3 is 30.4 Å². The zero-order valence-electron chi connectivity index (χ0n) is 22.5. The number of rotatable bonds is 12. The molecule has 1 aliphatic rings. The number of carboxylic acids is 1. The van der Waals surface area contributed by atoms with E-state index in [1.807, 2.05) is 19.9 Å².